The van der Waals surface area contributed by atoms with Gasteiger partial charge in [-0.2, -0.15) is 0 Å². The van der Waals surface area contributed by atoms with Gasteiger partial charge < -0.3 is 5.73 Å². The number of hydrogen-bond acceptors (Lipinski definition) is 2. The van der Waals surface area contributed by atoms with Gasteiger partial charge in [0.2, 0.25) is 0 Å². The summed E-state index contributed by atoms with van der Waals surface area (Å²) in [4.78, 5) is 10.7. The Balaban J connectivity index is 0.000000921. The Hall–Kier alpha value is -1.52. The molecule has 15 heavy (non-hydrogen) atoms. The van der Waals surface area contributed by atoms with E-state index in [2.05, 4.69) is 0 Å². The highest BCUT2D eigenvalue weighted by Crippen LogP contribution is 2.17. The fourth-order valence-electron chi connectivity index (χ4n) is 0.822. The van der Waals surface area contributed by atoms with Crippen LogP contribution in [-0.4, -0.2) is 12.5 Å². The standard InChI is InChI=1S/C8H6F3NO.C2H6/c9-3-7(13)4-1-5(10)8(12)6(11)2-4;1-2/h1-2H,3,12H2;1-2H3. The summed E-state index contributed by atoms with van der Waals surface area (Å²) in [7, 11) is 0. The third-order valence-electron chi connectivity index (χ3n) is 1.52. The molecular weight excluding hydrogens is 207 g/mol. The Morgan fingerprint density at radius 3 is 2.00 bits per heavy atom. The van der Waals surface area contributed by atoms with Gasteiger partial charge in [0.15, 0.2) is 12.5 Å². The first-order valence-corrected chi connectivity index (χ1v) is 4.40. The summed E-state index contributed by atoms with van der Waals surface area (Å²) >= 11 is 0. The summed E-state index contributed by atoms with van der Waals surface area (Å²) in [6.45, 7) is 2.71. The summed E-state index contributed by atoms with van der Waals surface area (Å²) in [5.74, 6) is -3.09. The van der Waals surface area contributed by atoms with Crippen LogP contribution >= 0.6 is 0 Å². The molecule has 0 saturated heterocycles. The van der Waals surface area contributed by atoms with Crippen LogP contribution in [0.5, 0.6) is 0 Å². The first-order valence-electron chi connectivity index (χ1n) is 4.40. The minimum absolute atomic E-state index is 0.355. The van der Waals surface area contributed by atoms with Crippen LogP contribution in [0, 0.1) is 11.6 Å². The molecule has 0 unspecified atom stereocenters. The molecule has 0 amide bonds. The van der Waals surface area contributed by atoms with E-state index in [0.717, 1.165) is 0 Å². The van der Waals surface area contributed by atoms with Crippen molar-refractivity contribution in [2.24, 2.45) is 0 Å². The fourth-order valence-corrected chi connectivity index (χ4v) is 0.822. The van der Waals surface area contributed by atoms with Crippen molar-refractivity contribution in [2.45, 2.75) is 13.8 Å². The van der Waals surface area contributed by atoms with Crippen LogP contribution < -0.4 is 5.73 Å². The molecule has 1 aromatic rings. The van der Waals surface area contributed by atoms with Gasteiger partial charge in [0.25, 0.3) is 0 Å². The Kier molecular flexibility index (Phi) is 5.44. The van der Waals surface area contributed by atoms with Gasteiger partial charge in [-0.05, 0) is 12.1 Å². The molecule has 0 aliphatic carbocycles. The van der Waals surface area contributed by atoms with Gasteiger partial charge in [-0.3, -0.25) is 4.79 Å². The van der Waals surface area contributed by atoms with Crippen molar-refractivity contribution < 1.29 is 18.0 Å². The Morgan fingerprint density at radius 2 is 1.67 bits per heavy atom. The van der Waals surface area contributed by atoms with Crippen LogP contribution in [0.15, 0.2) is 12.1 Å². The fraction of sp³-hybridized carbons (Fsp3) is 0.300. The van der Waals surface area contributed by atoms with E-state index in [0.29, 0.717) is 12.1 Å². The zero-order chi connectivity index (χ0) is 12.0. The first kappa shape index (κ1) is 13.5. The maximum Gasteiger partial charge on any atom is 0.194 e. The lowest BCUT2D eigenvalue weighted by Gasteiger charge is -2.01. The molecule has 0 atom stereocenters. The lowest BCUT2D eigenvalue weighted by atomic mass is 10.1. The summed E-state index contributed by atoms with van der Waals surface area (Å²) in [5, 5.41) is 0. The van der Waals surface area contributed by atoms with E-state index in [1.54, 1.807) is 0 Å². The molecule has 0 aliphatic rings. The minimum Gasteiger partial charge on any atom is -0.394 e. The summed E-state index contributed by atoms with van der Waals surface area (Å²) < 4.78 is 37.2. The molecule has 84 valence electrons. The van der Waals surface area contributed by atoms with Crippen LogP contribution in [0.1, 0.15) is 24.2 Å². The zero-order valence-corrected chi connectivity index (χ0v) is 8.48. The van der Waals surface area contributed by atoms with E-state index >= 15 is 0 Å². The maximum absolute atomic E-state index is 12.7. The van der Waals surface area contributed by atoms with E-state index in [9.17, 15) is 18.0 Å². The second-order valence-corrected chi connectivity index (χ2v) is 2.41. The second-order valence-electron chi connectivity index (χ2n) is 2.41. The summed E-state index contributed by atoms with van der Waals surface area (Å²) in [5.41, 5.74) is 3.91. The molecule has 0 aromatic heterocycles. The van der Waals surface area contributed by atoms with Crippen LogP contribution in [-0.2, 0) is 0 Å². The normalized spacial score (nSPS) is 9.13. The number of rotatable bonds is 2. The van der Waals surface area contributed by atoms with Gasteiger partial charge in [0.1, 0.15) is 17.3 Å². The number of ketones is 1. The number of alkyl halides is 1. The van der Waals surface area contributed by atoms with Gasteiger partial charge in [0.05, 0.1) is 0 Å². The molecule has 2 nitrogen and oxygen atoms in total. The molecule has 0 spiro atoms. The van der Waals surface area contributed by atoms with E-state index in [1.807, 2.05) is 13.8 Å². The predicted molar refractivity (Wildman–Crippen MR) is 52.4 cm³/mol. The molecular formula is C10H12F3NO. The topological polar surface area (TPSA) is 43.1 Å². The number of hydrogen-bond donors (Lipinski definition) is 1. The highest BCUT2D eigenvalue weighted by molar-refractivity contribution is 5.97. The van der Waals surface area contributed by atoms with Crippen molar-refractivity contribution in [2.75, 3.05) is 12.4 Å². The van der Waals surface area contributed by atoms with Crippen molar-refractivity contribution in [3.63, 3.8) is 0 Å². The van der Waals surface area contributed by atoms with Gasteiger partial charge in [-0.25, -0.2) is 13.2 Å². The highest BCUT2D eigenvalue weighted by atomic mass is 19.1. The van der Waals surface area contributed by atoms with Gasteiger partial charge in [-0.1, -0.05) is 13.8 Å². The number of carbonyl (C=O) groups excluding carboxylic acids is 1. The Morgan fingerprint density at radius 1 is 1.27 bits per heavy atom. The predicted octanol–water partition coefficient (Wildman–Crippen LogP) is 2.73. The molecule has 0 aliphatic heterocycles. The summed E-state index contributed by atoms with van der Waals surface area (Å²) in [6.07, 6.45) is 0. The summed E-state index contributed by atoms with van der Waals surface area (Å²) in [6, 6.07) is 1.42. The molecule has 2 N–H and O–H groups in total. The quantitative estimate of drug-likeness (QED) is 0.613. The monoisotopic (exact) mass is 219 g/mol. The molecule has 1 rings (SSSR count). The smallest absolute Gasteiger partial charge is 0.194 e. The lowest BCUT2D eigenvalue weighted by Crippen LogP contribution is -2.05. The number of halogens is 3. The zero-order valence-electron chi connectivity index (χ0n) is 8.48. The van der Waals surface area contributed by atoms with Crippen molar-refractivity contribution in [1.29, 1.82) is 0 Å². The average Bonchev–Trinajstić information content (AvgIpc) is 2.26. The van der Waals surface area contributed by atoms with Crippen molar-refractivity contribution in [3.05, 3.63) is 29.3 Å². The Bertz CT molecular complexity index is 330. The van der Waals surface area contributed by atoms with Crippen LogP contribution in [0.2, 0.25) is 0 Å². The SMILES string of the molecule is CC.Nc1c(F)cc(C(=O)CF)cc1F. The molecule has 0 saturated carbocycles. The average molecular weight is 219 g/mol. The molecule has 0 bridgehead atoms. The third-order valence-corrected chi connectivity index (χ3v) is 1.52. The minimum atomic E-state index is -1.29. The van der Waals surface area contributed by atoms with Crippen LogP contribution in [0.3, 0.4) is 0 Å². The number of nitrogens with two attached hydrogens (primary N) is 1. The lowest BCUT2D eigenvalue weighted by molar-refractivity contribution is 0.0958. The van der Waals surface area contributed by atoms with E-state index in [-0.39, 0.29) is 5.56 Å². The number of Topliss-reactive ketones (excluding diaryl/α,β-unsaturated/α-hetero) is 1. The molecule has 0 radical (unpaired) electrons. The number of anilines is 1. The molecule has 0 heterocycles. The largest absolute Gasteiger partial charge is 0.394 e. The van der Waals surface area contributed by atoms with E-state index in [1.165, 1.54) is 0 Å². The molecule has 0 fully saturated rings. The maximum atomic E-state index is 12.7. The third kappa shape index (κ3) is 3.27. The number of carbonyl (C=O) groups is 1. The van der Waals surface area contributed by atoms with Gasteiger partial charge in [0, 0.05) is 5.56 Å². The second kappa shape index (κ2) is 6.06. The van der Waals surface area contributed by atoms with Crippen molar-refractivity contribution >= 4 is 11.5 Å². The molecule has 5 heteroatoms. The first-order chi connectivity index (χ1) is 7.06. The van der Waals surface area contributed by atoms with Crippen LogP contribution in [0.25, 0.3) is 0 Å². The van der Waals surface area contributed by atoms with E-state index < -0.39 is 29.8 Å². The van der Waals surface area contributed by atoms with E-state index in [4.69, 9.17) is 5.73 Å². The molecule has 1 aromatic carbocycles. The highest BCUT2D eigenvalue weighted by Gasteiger charge is 2.12. The van der Waals surface area contributed by atoms with Crippen molar-refractivity contribution in [1.82, 2.24) is 0 Å². The van der Waals surface area contributed by atoms with Crippen molar-refractivity contribution in [3.8, 4) is 0 Å². The Labute approximate surface area is 85.9 Å². The van der Waals surface area contributed by atoms with Crippen LogP contribution in [0.4, 0.5) is 18.9 Å². The van der Waals surface area contributed by atoms with Gasteiger partial charge in [-0.15, -0.1) is 0 Å². The number of benzene rings is 1. The van der Waals surface area contributed by atoms with Gasteiger partial charge >= 0.3 is 0 Å². The number of nitrogen functional groups attached to an aromatic ring is 1.